The fourth-order valence-corrected chi connectivity index (χ4v) is 3.15. The van der Waals surface area contributed by atoms with Crippen LogP contribution in [0.2, 0.25) is 0 Å². The number of piperidine rings is 1. The first kappa shape index (κ1) is 19.3. The molecule has 140 valence electrons. The zero-order valence-corrected chi connectivity index (χ0v) is 15.7. The van der Waals surface area contributed by atoms with Gasteiger partial charge in [0.25, 0.3) is 0 Å². The summed E-state index contributed by atoms with van der Waals surface area (Å²) < 4.78 is 32.2. The minimum absolute atomic E-state index is 0.251. The maximum absolute atomic E-state index is 11.8. The number of amides is 1. The average molecular weight is 370 g/mol. The monoisotopic (exact) mass is 370 g/mol. The SMILES string of the molecule is CCOC(=O)N1CCC(Nc2ccc(NS(=O)(=O)N(C)C)cc2)CC1. The number of carbonyl (C=O) groups excluding carboxylic acids is 1. The fourth-order valence-electron chi connectivity index (χ4n) is 2.53. The molecule has 0 spiro atoms. The zero-order valence-electron chi connectivity index (χ0n) is 14.9. The van der Waals surface area contributed by atoms with Crippen LogP contribution in [-0.2, 0) is 14.9 Å². The number of likely N-dealkylation sites (tertiary alicyclic amines) is 1. The Balaban J connectivity index is 1.85. The summed E-state index contributed by atoms with van der Waals surface area (Å²) in [6.07, 6.45) is 1.43. The molecule has 2 rings (SSSR count). The topological polar surface area (TPSA) is 91.0 Å². The molecule has 8 nitrogen and oxygen atoms in total. The molecule has 9 heteroatoms. The molecule has 0 bridgehead atoms. The van der Waals surface area contributed by atoms with Gasteiger partial charge in [-0.15, -0.1) is 0 Å². The third kappa shape index (κ3) is 5.50. The second-order valence-electron chi connectivity index (χ2n) is 6.07. The van der Waals surface area contributed by atoms with Gasteiger partial charge in [-0.3, -0.25) is 4.72 Å². The molecular formula is C16H26N4O4S. The molecule has 0 aliphatic carbocycles. The summed E-state index contributed by atoms with van der Waals surface area (Å²) in [7, 11) is -0.551. The molecule has 0 radical (unpaired) electrons. The van der Waals surface area contributed by atoms with E-state index in [9.17, 15) is 13.2 Å². The van der Waals surface area contributed by atoms with Crippen LogP contribution < -0.4 is 10.0 Å². The number of hydrogen-bond acceptors (Lipinski definition) is 5. The lowest BCUT2D eigenvalue weighted by Gasteiger charge is -2.32. The predicted molar refractivity (Wildman–Crippen MR) is 97.9 cm³/mol. The van der Waals surface area contributed by atoms with Gasteiger partial charge < -0.3 is 15.0 Å². The van der Waals surface area contributed by atoms with Crippen LogP contribution in [0.25, 0.3) is 0 Å². The largest absolute Gasteiger partial charge is 0.450 e. The number of ether oxygens (including phenoxy) is 1. The third-order valence-electron chi connectivity index (χ3n) is 4.00. The maximum atomic E-state index is 11.8. The molecule has 1 heterocycles. The Labute approximate surface area is 149 Å². The molecule has 1 saturated heterocycles. The first-order chi connectivity index (χ1) is 11.8. The van der Waals surface area contributed by atoms with E-state index in [0.717, 1.165) is 22.8 Å². The molecule has 1 amide bonds. The molecule has 0 atom stereocenters. The van der Waals surface area contributed by atoms with Crippen LogP contribution in [0.15, 0.2) is 24.3 Å². The molecule has 0 unspecified atom stereocenters. The molecule has 1 aliphatic rings. The second-order valence-corrected chi connectivity index (χ2v) is 7.96. The van der Waals surface area contributed by atoms with E-state index in [4.69, 9.17) is 4.74 Å². The van der Waals surface area contributed by atoms with E-state index in [1.165, 1.54) is 14.1 Å². The highest BCUT2D eigenvalue weighted by Gasteiger charge is 2.23. The second kappa shape index (κ2) is 8.39. The Kier molecular flexibility index (Phi) is 6.49. The zero-order chi connectivity index (χ0) is 18.4. The van der Waals surface area contributed by atoms with Gasteiger partial charge in [0.15, 0.2) is 0 Å². The van der Waals surface area contributed by atoms with Gasteiger partial charge >= 0.3 is 16.3 Å². The van der Waals surface area contributed by atoms with E-state index in [2.05, 4.69) is 10.0 Å². The minimum atomic E-state index is -3.50. The van der Waals surface area contributed by atoms with Crippen molar-refractivity contribution in [2.24, 2.45) is 0 Å². The first-order valence-electron chi connectivity index (χ1n) is 8.30. The van der Waals surface area contributed by atoms with Crippen molar-refractivity contribution < 1.29 is 17.9 Å². The first-order valence-corrected chi connectivity index (χ1v) is 9.74. The highest BCUT2D eigenvalue weighted by molar-refractivity contribution is 7.90. The van der Waals surface area contributed by atoms with Gasteiger partial charge in [0.2, 0.25) is 0 Å². The van der Waals surface area contributed by atoms with Gasteiger partial charge in [0, 0.05) is 44.6 Å². The molecule has 1 aromatic rings. The Hall–Kier alpha value is -2.00. The average Bonchev–Trinajstić information content (AvgIpc) is 2.57. The van der Waals surface area contributed by atoms with Gasteiger partial charge in [-0.25, -0.2) is 4.79 Å². The predicted octanol–water partition coefficient (Wildman–Crippen LogP) is 1.94. The standard InChI is InChI=1S/C16H26N4O4S/c1-4-24-16(21)20-11-9-14(10-12-20)17-13-5-7-15(8-6-13)18-25(22,23)19(2)3/h5-8,14,17-18H,4,9-12H2,1-3H3. The number of nitrogens with zero attached hydrogens (tertiary/aromatic N) is 2. The normalized spacial score (nSPS) is 15.9. The number of nitrogens with one attached hydrogen (secondary N) is 2. The summed E-state index contributed by atoms with van der Waals surface area (Å²) in [5, 5.41) is 3.42. The summed E-state index contributed by atoms with van der Waals surface area (Å²) in [6.45, 7) is 3.52. The lowest BCUT2D eigenvalue weighted by atomic mass is 10.1. The summed E-state index contributed by atoms with van der Waals surface area (Å²) >= 11 is 0. The Bertz CT molecular complexity index is 668. The van der Waals surface area contributed by atoms with Gasteiger partial charge in [-0.05, 0) is 44.0 Å². The Morgan fingerprint density at radius 2 is 1.76 bits per heavy atom. The van der Waals surface area contributed by atoms with Crippen LogP contribution in [0.5, 0.6) is 0 Å². The van der Waals surface area contributed by atoms with E-state index in [0.29, 0.717) is 25.4 Å². The van der Waals surface area contributed by atoms with Crippen LogP contribution in [0.4, 0.5) is 16.2 Å². The number of carbonyl (C=O) groups is 1. The van der Waals surface area contributed by atoms with Gasteiger partial charge in [-0.1, -0.05) is 0 Å². The molecule has 25 heavy (non-hydrogen) atoms. The Morgan fingerprint density at radius 1 is 1.20 bits per heavy atom. The van der Waals surface area contributed by atoms with Crippen molar-refractivity contribution in [2.75, 3.05) is 43.8 Å². The molecule has 1 aromatic carbocycles. The number of hydrogen-bond donors (Lipinski definition) is 2. The lowest BCUT2D eigenvalue weighted by Crippen LogP contribution is -2.42. The van der Waals surface area contributed by atoms with Gasteiger partial charge in [0.05, 0.1) is 6.61 Å². The highest BCUT2D eigenvalue weighted by Crippen LogP contribution is 2.20. The maximum Gasteiger partial charge on any atom is 0.409 e. The van der Waals surface area contributed by atoms with Crippen LogP contribution >= 0.6 is 0 Å². The van der Waals surface area contributed by atoms with Crippen LogP contribution in [0.3, 0.4) is 0 Å². The van der Waals surface area contributed by atoms with E-state index in [-0.39, 0.29) is 12.1 Å². The van der Waals surface area contributed by atoms with Crippen molar-refractivity contribution in [3.05, 3.63) is 24.3 Å². The van der Waals surface area contributed by atoms with Crippen LogP contribution in [-0.4, -0.2) is 63.5 Å². The summed E-state index contributed by atoms with van der Waals surface area (Å²) in [5.74, 6) is 0. The van der Waals surface area contributed by atoms with Crippen molar-refractivity contribution in [3.63, 3.8) is 0 Å². The van der Waals surface area contributed by atoms with Crippen LogP contribution in [0.1, 0.15) is 19.8 Å². The van der Waals surface area contributed by atoms with Crippen molar-refractivity contribution >= 4 is 27.7 Å². The highest BCUT2D eigenvalue weighted by atomic mass is 32.2. The lowest BCUT2D eigenvalue weighted by molar-refractivity contribution is 0.0983. The number of rotatable bonds is 6. The van der Waals surface area contributed by atoms with Gasteiger partial charge in [-0.2, -0.15) is 12.7 Å². The number of benzene rings is 1. The molecule has 1 aliphatic heterocycles. The van der Waals surface area contributed by atoms with E-state index < -0.39 is 10.2 Å². The smallest absolute Gasteiger partial charge is 0.409 e. The molecule has 1 fully saturated rings. The molecule has 2 N–H and O–H groups in total. The van der Waals surface area contributed by atoms with Gasteiger partial charge in [0.1, 0.15) is 0 Å². The molecule has 0 aromatic heterocycles. The number of anilines is 2. The van der Waals surface area contributed by atoms with Crippen molar-refractivity contribution in [1.29, 1.82) is 0 Å². The molecular weight excluding hydrogens is 344 g/mol. The van der Waals surface area contributed by atoms with Crippen molar-refractivity contribution in [2.45, 2.75) is 25.8 Å². The minimum Gasteiger partial charge on any atom is -0.450 e. The van der Waals surface area contributed by atoms with Crippen molar-refractivity contribution in [1.82, 2.24) is 9.21 Å². The fraction of sp³-hybridized carbons (Fsp3) is 0.562. The Morgan fingerprint density at radius 3 is 2.28 bits per heavy atom. The van der Waals surface area contributed by atoms with E-state index in [1.807, 2.05) is 12.1 Å². The molecule has 0 saturated carbocycles. The van der Waals surface area contributed by atoms with E-state index >= 15 is 0 Å². The van der Waals surface area contributed by atoms with Crippen LogP contribution in [0, 0.1) is 0 Å². The van der Waals surface area contributed by atoms with E-state index in [1.54, 1.807) is 24.0 Å². The summed E-state index contributed by atoms with van der Waals surface area (Å²) in [4.78, 5) is 13.4. The van der Waals surface area contributed by atoms with Crippen molar-refractivity contribution in [3.8, 4) is 0 Å². The summed E-state index contributed by atoms with van der Waals surface area (Å²) in [5.41, 5.74) is 1.43. The summed E-state index contributed by atoms with van der Waals surface area (Å²) in [6, 6.07) is 7.39. The third-order valence-corrected chi connectivity index (χ3v) is 5.46. The quantitative estimate of drug-likeness (QED) is 0.798.